The van der Waals surface area contributed by atoms with Gasteiger partial charge in [0.2, 0.25) is 0 Å². The molecule has 0 amide bonds. The molecule has 0 bridgehead atoms. The van der Waals surface area contributed by atoms with Crippen molar-refractivity contribution < 1.29 is 0 Å². The van der Waals surface area contributed by atoms with Crippen molar-refractivity contribution >= 4 is 23.1 Å². The Bertz CT molecular complexity index is 1850. The molecule has 1 aliphatic carbocycles. The summed E-state index contributed by atoms with van der Waals surface area (Å²) < 4.78 is 0. The van der Waals surface area contributed by atoms with Gasteiger partial charge in [0, 0.05) is 17.1 Å². The lowest BCUT2D eigenvalue weighted by atomic mass is 9.93. The van der Waals surface area contributed by atoms with Gasteiger partial charge < -0.3 is 4.90 Å². The zero-order valence-corrected chi connectivity index (χ0v) is 23.9. The summed E-state index contributed by atoms with van der Waals surface area (Å²) in [4.78, 5) is 2.36. The summed E-state index contributed by atoms with van der Waals surface area (Å²) >= 11 is 0. The van der Waals surface area contributed by atoms with Crippen LogP contribution in [0, 0.1) is 6.92 Å². The van der Waals surface area contributed by atoms with Gasteiger partial charge in [-0.25, -0.2) is 0 Å². The van der Waals surface area contributed by atoms with Crippen molar-refractivity contribution in [3.8, 4) is 33.4 Å². The average molecular weight is 540 g/mol. The van der Waals surface area contributed by atoms with Crippen LogP contribution in [-0.4, -0.2) is 0 Å². The quantitative estimate of drug-likeness (QED) is 0.203. The minimum atomic E-state index is 1.13. The molecule has 202 valence electrons. The average Bonchev–Trinajstić information content (AvgIpc) is 3.07. The molecule has 0 saturated heterocycles. The van der Waals surface area contributed by atoms with Crippen LogP contribution >= 0.6 is 0 Å². The van der Waals surface area contributed by atoms with Crippen LogP contribution in [-0.2, 0) is 6.42 Å². The van der Waals surface area contributed by atoms with E-state index < -0.39 is 0 Å². The molecule has 0 radical (unpaired) electrons. The van der Waals surface area contributed by atoms with E-state index in [-0.39, 0.29) is 0 Å². The lowest BCUT2D eigenvalue weighted by molar-refractivity contribution is 0.986. The Balaban J connectivity index is 1.30. The lowest BCUT2D eigenvalue weighted by Crippen LogP contribution is -2.10. The van der Waals surface area contributed by atoms with E-state index in [0.717, 1.165) is 29.9 Å². The highest BCUT2D eigenvalue weighted by atomic mass is 15.1. The smallest absolute Gasteiger partial charge is 0.0467 e. The van der Waals surface area contributed by atoms with Crippen LogP contribution in [0.5, 0.6) is 0 Å². The third-order valence-electron chi connectivity index (χ3n) is 8.28. The van der Waals surface area contributed by atoms with Crippen LogP contribution in [0.25, 0.3) is 39.5 Å². The first kappa shape index (κ1) is 25.8. The van der Waals surface area contributed by atoms with Crippen molar-refractivity contribution in [3.05, 3.63) is 168 Å². The first-order chi connectivity index (χ1) is 20.7. The number of fused-ring (bicyclic) bond motifs is 1. The predicted octanol–water partition coefficient (Wildman–Crippen LogP) is 11.4. The number of benzene rings is 6. The van der Waals surface area contributed by atoms with E-state index >= 15 is 0 Å². The Hall–Kier alpha value is -5.14. The Morgan fingerprint density at radius 2 is 1.02 bits per heavy atom. The summed E-state index contributed by atoms with van der Waals surface area (Å²) in [7, 11) is 0. The van der Waals surface area contributed by atoms with E-state index in [4.69, 9.17) is 0 Å². The Labute approximate surface area is 249 Å². The topological polar surface area (TPSA) is 3.24 Å². The molecular weight excluding hydrogens is 506 g/mol. The van der Waals surface area contributed by atoms with E-state index in [9.17, 15) is 0 Å². The molecule has 1 aliphatic rings. The van der Waals surface area contributed by atoms with Gasteiger partial charge in [0.1, 0.15) is 0 Å². The van der Waals surface area contributed by atoms with Gasteiger partial charge in [-0.05, 0) is 112 Å². The summed E-state index contributed by atoms with van der Waals surface area (Å²) in [6, 6.07) is 52.8. The van der Waals surface area contributed by atoms with E-state index in [2.05, 4.69) is 170 Å². The summed E-state index contributed by atoms with van der Waals surface area (Å²) in [5.74, 6) is 0. The van der Waals surface area contributed by atoms with Gasteiger partial charge in [0.25, 0.3) is 0 Å². The second-order valence-electron chi connectivity index (χ2n) is 11.0. The molecule has 0 N–H and O–H groups in total. The lowest BCUT2D eigenvalue weighted by Gasteiger charge is -2.27. The summed E-state index contributed by atoms with van der Waals surface area (Å²) in [6.07, 6.45) is 6.81. The number of hydrogen-bond acceptors (Lipinski definition) is 1. The fourth-order valence-electron chi connectivity index (χ4n) is 5.97. The van der Waals surface area contributed by atoms with E-state index in [0.29, 0.717) is 0 Å². The molecule has 1 heteroatoms. The largest absolute Gasteiger partial charge is 0.310 e. The maximum Gasteiger partial charge on any atom is 0.0467 e. The van der Waals surface area contributed by atoms with Crippen molar-refractivity contribution in [1.82, 2.24) is 0 Å². The highest BCUT2D eigenvalue weighted by Gasteiger charge is 2.16. The minimum absolute atomic E-state index is 1.13. The molecule has 0 unspecified atom stereocenters. The fraction of sp³-hybridized carbons (Fsp3) is 0.0732. The second-order valence-corrected chi connectivity index (χ2v) is 11.0. The van der Waals surface area contributed by atoms with E-state index in [1.807, 2.05) is 0 Å². The molecule has 7 rings (SSSR count). The fourth-order valence-corrected chi connectivity index (χ4v) is 5.97. The van der Waals surface area contributed by atoms with Gasteiger partial charge in [-0.1, -0.05) is 115 Å². The van der Waals surface area contributed by atoms with Crippen molar-refractivity contribution in [1.29, 1.82) is 0 Å². The molecule has 0 fully saturated rings. The molecule has 0 aromatic heterocycles. The van der Waals surface area contributed by atoms with E-state index in [1.165, 1.54) is 50.1 Å². The van der Waals surface area contributed by atoms with Crippen molar-refractivity contribution in [2.75, 3.05) is 4.90 Å². The normalized spacial score (nSPS) is 12.1. The molecule has 0 heterocycles. The SMILES string of the molecule is Cc1ccc(N(c2ccc(-c3ccccc3)cc2)c2ccc(-c3ccc4c(c3)C=CCC4)cc2)cc1-c1ccccc1. The maximum atomic E-state index is 2.36. The molecule has 0 spiro atoms. The number of allylic oxidation sites excluding steroid dienone is 1. The van der Waals surface area contributed by atoms with Crippen LogP contribution in [0.1, 0.15) is 23.1 Å². The Morgan fingerprint density at radius 3 is 1.69 bits per heavy atom. The monoisotopic (exact) mass is 539 g/mol. The van der Waals surface area contributed by atoms with Crippen molar-refractivity contribution in [3.63, 3.8) is 0 Å². The standard InChI is InChI=1S/C41H33N/c1-30-16-23-40(29-41(30)35-13-6-3-7-14-35)42(38-24-19-33(20-25-38)31-10-4-2-5-11-31)39-26-21-34(22-27-39)37-18-17-32-12-8-9-15-36(32)28-37/h2-7,9-11,13-29H,8,12H2,1H3. The molecular formula is C41H33N. The summed E-state index contributed by atoms with van der Waals surface area (Å²) in [5.41, 5.74) is 14.8. The summed E-state index contributed by atoms with van der Waals surface area (Å²) in [6.45, 7) is 2.19. The first-order valence-corrected chi connectivity index (χ1v) is 14.7. The molecule has 1 nitrogen and oxygen atoms in total. The predicted molar refractivity (Wildman–Crippen MR) is 180 cm³/mol. The van der Waals surface area contributed by atoms with Crippen LogP contribution in [0.3, 0.4) is 0 Å². The molecule has 42 heavy (non-hydrogen) atoms. The van der Waals surface area contributed by atoms with Gasteiger partial charge in [0.05, 0.1) is 0 Å². The Kier molecular flexibility index (Phi) is 7.00. The zero-order chi connectivity index (χ0) is 28.3. The van der Waals surface area contributed by atoms with Crippen LogP contribution in [0.2, 0.25) is 0 Å². The third-order valence-corrected chi connectivity index (χ3v) is 8.28. The number of aryl methyl sites for hydroxylation is 2. The van der Waals surface area contributed by atoms with Gasteiger partial charge in [-0.3, -0.25) is 0 Å². The molecule has 6 aromatic rings. The Morgan fingerprint density at radius 1 is 0.476 bits per heavy atom. The minimum Gasteiger partial charge on any atom is -0.310 e. The van der Waals surface area contributed by atoms with Crippen LogP contribution in [0.4, 0.5) is 17.1 Å². The first-order valence-electron chi connectivity index (χ1n) is 14.7. The molecule has 0 atom stereocenters. The van der Waals surface area contributed by atoms with E-state index in [1.54, 1.807) is 0 Å². The molecule has 0 aliphatic heterocycles. The van der Waals surface area contributed by atoms with Gasteiger partial charge >= 0.3 is 0 Å². The van der Waals surface area contributed by atoms with Crippen LogP contribution in [0.15, 0.2) is 152 Å². The summed E-state index contributed by atoms with van der Waals surface area (Å²) in [5, 5.41) is 0. The van der Waals surface area contributed by atoms with Gasteiger partial charge in [-0.15, -0.1) is 0 Å². The molecule has 6 aromatic carbocycles. The highest BCUT2D eigenvalue weighted by molar-refractivity contribution is 5.83. The number of anilines is 3. The number of hydrogen-bond donors (Lipinski definition) is 0. The molecule has 0 saturated carbocycles. The second kappa shape index (κ2) is 11.4. The van der Waals surface area contributed by atoms with Crippen molar-refractivity contribution in [2.45, 2.75) is 19.8 Å². The van der Waals surface area contributed by atoms with Crippen molar-refractivity contribution in [2.24, 2.45) is 0 Å². The van der Waals surface area contributed by atoms with Gasteiger partial charge in [-0.2, -0.15) is 0 Å². The highest BCUT2D eigenvalue weighted by Crippen LogP contribution is 2.39. The maximum absolute atomic E-state index is 2.36. The number of nitrogens with zero attached hydrogens (tertiary/aromatic N) is 1. The van der Waals surface area contributed by atoms with Crippen LogP contribution < -0.4 is 4.90 Å². The van der Waals surface area contributed by atoms with Gasteiger partial charge in [0.15, 0.2) is 0 Å². The zero-order valence-electron chi connectivity index (χ0n) is 23.9. The third kappa shape index (κ3) is 5.18. The number of rotatable bonds is 6.